The molecule has 1 saturated heterocycles. The molecule has 1 aliphatic rings. The standard InChI is InChI=1S/C19H28O4/c20-18(13-12-17-9-3-1-4-10-17)21-14-6-2-7-15-22-19-11-5-8-16-23-19/h1,3-4,9-10,19H,2,5-8,11-16H2. The molecule has 1 atom stereocenters. The molecule has 4 heteroatoms. The van der Waals surface area contributed by atoms with E-state index < -0.39 is 0 Å². The Kier molecular flexibility index (Phi) is 8.74. The van der Waals surface area contributed by atoms with Crippen LogP contribution in [0.3, 0.4) is 0 Å². The predicted octanol–water partition coefficient (Wildman–Crippen LogP) is 3.88. The summed E-state index contributed by atoms with van der Waals surface area (Å²) in [5, 5.41) is 0. The summed E-state index contributed by atoms with van der Waals surface area (Å²) in [5.74, 6) is -0.110. The lowest BCUT2D eigenvalue weighted by atomic mass is 10.1. The van der Waals surface area contributed by atoms with Crippen molar-refractivity contribution in [2.45, 2.75) is 57.7 Å². The zero-order valence-corrected chi connectivity index (χ0v) is 13.9. The molecule has 0 saturated carbocycles. The van der Waals surface area contributed by atoms with Crippen molar-refractivity contribution in [2.75, 3.05) is 19.8 Å². The average Bonchev–Trinajstić information content (AvgIpc) is 2.61. The zero-order chi connectivity index (χ0) is 16.2. The van der Waals surface area contributed by atoms with Gasteiger partial charge >= 0.3 is 5.97 Å². The summed E-state index contributed by atoms with van der Waals surface area (Å²) in [6, 6.07) is 10.0. The van der Waals surface area contributed by atoms with Gasteiger partial charge in [-0.05, 0) is 50.5 Å². The Labute approximate surface area is 139 Å². The van der Waals surface area contributed by atoms with Crippen LogP contribution < -0.4 is 0 Å². The fraction of sp³-hybridized carbons (Fsp3) is 0.632. The highest BCUT2D eigenvalue weighted by Gasteiger charge is 2.13. The fourth-order valence-electron chi connectivity index (χ4n) is 2.59. The van der Waals surface area contributed by atoms with Gasteiger partial charge in [-0.15, -0.1) is 0 Å². The third-order valence-corrected chi connectivity index (χ3v) is 3.95. The molecule has 128 valence electrons. The highest BCUT2D eigenvalue weighted by atomic mass is 16.7. The van der Waals surface area contributed by atoms with Crippen LogP contribution in [0.1, 0.15) is 50.5 Å². The molecule has 0 spiro atoms. The highest BCUT2D eigenvalue weighted by Crippen LogP contribution is 2.14. The van der Waals surface area contributed by atoms with E-state index in [-0.39, 0.29) is 12.3 Å². The number of ether oxygens (including phenoxy) is 3. The third kappa shape index (κ3) is 8.14. The lowest BCUT2D eigenvalue weighted by Crippen LogP contribution is -2.22. The lowest BCUT2D eigenvalue weighted by Gasteiger charge is -2.22. The molecule has 0 bridgehead atoms. The van der Waals surface area contributed by atoms with Crippen molar-refractivity contribution in [2.24, 2.45) is 0 Å². The van der Waals surface area contributed by atoms with Crippen LogP contribution in [0.2, 0.25) is 0 Å². The minimum atomic E-state index is -0.110. The molecule has 0 aliphatic carbocycles. The maximum absolute atomic E-state index is 11.6. The van der Waals surface area contributed by atoms with Crippen molar-refractivity contribution in [1.82, 2.24) is 0 Å². The second-order valence-electron chi connectivity index (χ2n) is 5.93. The molecule has 4 nitrogen and oxygen atoms in total. The Morgan fingerprint density at radius 1 is 1.09 bits per heavy atom. The summed E-state index contributed by atoms with van der Waals surface area (Å²) in [6.07, 6.45) is 7.45. The Balaban J connectivity index is 1.40. The molecule has 1 heterocycles. The molecule has 0 amide bonds. The summed E-state index contributed by atoms with van der Waals surface area (Å²) < 4.78 is 16.4. The van der Waals surface area contributed by atoms with E-state index in [2.05, 4.69) is 0 Å². The Morgan fingerprint density at radius 3 is 2.70 bits per heavy atom. The normalized spacial score (nSPS) is 17.8. The Bertz CT molecular complexity index is 426. The van der Waals surface area contributed by atoms with E-state index in [0.29, 0.717) is 13.0 Å². The van der Waals surface area contributed by atoms with E-state index in [9.17, 15) is 4.79 Å². The third-order valence-electron chi connectivity index (χ3n) is 3.95. The first kappa shape index (κ1) is 18.0. The minimum Gasteiger partial charge on any atom is -0.466 e. The smallest absolute Gasteiger partial charge is 0.306 e. The highest BCUT2D eigenvalue weighted by molar-refractivity contribution is 5.69. The number of hydrogen-bond donors (Lipinski definition) is 0. The van der Waals surface area contributed by atoms with Crippen molar-refractivity contribution < 1.29 is 19.0 Å². The number of carbonyl (C=O) groups is 1. The largest absolute Gasteiger partial charge is 0.466 e. The van der Waals surface area contributed by atoms with Crippen molar-refractivity contribution in [1.29, 1.82) is 0 Å². The molecule has 1 fully saturated rings. The molecule has 1 aromatic rings. The van der Waals surface area contributed by atoms with Gasteiger partial charge in [-0.1, -0.05) is 30.3 Å². The van der Waals surface area contributed by atoms with Crippen LogP contribution in [-0.4, -0.2) is 32.1 Å². The SMILES string of the molecule is O=C(CCc1ccccc1)OCCCCCOC1CCCCO1. The van der Waals surface area contributed by atoms with E-state index in [4.69, 9.17) is 14.2 Å². The number of benzene rings is 1. The van der Waals surface area contributed by atoms with E-state index >= 15 is 0 Å². The Morgan fingerprint density at radius 2 is 1.91 bits per heavy atom. The van der Waals surface area contributed by atoms with Crippen molar-refractivity contribution >= 4 is 5.97 Å². The molecular weight excluding hydrogens is 292 g/mol. The minimum absolute atomic E-state index is 0.000403. The maximum atomic E-state index is 11.6. The van der Waals surface area contributed by atoms with Gasteiger partial charge in [-0.25, -0.2) is 0 Å². The van der Waals surface area contributed by atoms with E-state index in [1.165, 1.54) is 12.0 Å². The first-order valence-electron chi connectivity index (χ1n) is 8.77. The van der Waals surface area contributed by atoms with Gasteiger partial charge in [0, 0.05) is 19.6 Å². The number of rotatable bonds is 10. The van der Waals surface area contributed by atoms with Crippen LogP contribution in [0.4, 0.5) is 0 Å². The Hall–Kier alpha value is -1.39. The van der Waals surface area contributed by atoms with Crippen LogP contribution in [0.15, 0.2) is 30.3 Å². The summed E-state index contributed by atoms with van der Waals surface area (Å²) in [7, 11) is 0. The topological polar surface area (TPSA) is 44.8 Å². The van der Waals surface area contributed by atoms with Crippen LogP contribution in [0.25, 0.3) is 0 Å². The van der Waals surface area contributed by atoms with Crippen LogP contribution in [0, 0.1) is 0 Å². The summed E-state index contributed by atoms with van der Waals surface area (Å²) in [4.78, 5) is 11.6. The summed E-state index contributed by atoms with van der Waals surface area (Å²) >= 11 is 0. The summed E-state index contributed by atoms with van der Waals surface area (Å²) in [6.45, 7) is 2.06. The second kappa shape index (κ2) is 11.2. The molecule has 1 aliphatic heterocycles. The molecule has 0 aromatic heterocycles. The van der Waals surface area contributed by atoms with E-state index in [1.807, 2.05) is 30.3 Å². The first-order valence-corrected chi connectivity index (χ1v) is 8.77. The molecule has 1 unspecified atom stereocenters. The van der Waals surface area contributed by atoms with Crippen molar-refractivity contribution in [3.63, 3.8) is 0 Å². The van der Waals surface area contributed by atoms with Gasteiger partial charge in [0.05, 0.1) is 6.61 Å². The van der Waals surface area contributed by atoms with Gasteiger partial charge in [-0.3, -0.25) is 4.79 Å². The number of unbranched alkanes of at least 4 members (excludes halogenated alkanes) is 2. The van der Waals surface area contributed by atoms with E-state index in [1.54, 1.807) is 0 Å². The number of carbonyl (C=O) groups excluding carboxylic acids is 1. The average molecular weight is 320 g/mol. The van der Waals surface area contributed by atoms with Gasteiger partial charge < -0.3 is 14.2 Å². The van der Waals surface area contributed by atoms with Gasteiger partial charge in [0.2, 0.25) is 0 Å². The van der Waals surface area contributed by atoms with Gasteiger partial charge in [0.15, 0.2) is 6.29 Å². The van der Waals surface area contributed by atoms with Gasteiger partial charge in [0.1, 0.15) is 0 Å². The van der Waals surface area contributed by atoms with Crippen molar-refractivity contribution in [3.8, 4) is 0 Å². The van der Waals surface area contributed by atoms with Crippen LogP contribution in [0.5, 0.6) is 0 Å². The van der Waals surface area contributed by atoms with E-state index in [0.717, 1.165) is 51.7 Å². The van der Waals surface area contributed by atoms with Crippen LogP contribution >= 0.6 is 0 Å². The molecule has 2 rings (SSSR count). The monoisotopic (exact) mass is 320 g/mol. The zero-order valence-electron chi connectivity index (χ0n) is 13.9. The molecule has 23 heavy (non-hydrogen) atoms. The molecule has 1 aromatic carbocycles. The maximum Gasteiger partial charge on any atom is 0.306 e. The quantitative estimate of drug-likeness (QED) is 0.485. The van der Waals surface area contributed by atoms with Gasteiger partial charge in [0.25, 0.3) is 0 Å². The predicted molar refractivity (Wildman–Crippen MR) is 89.1 cm³/mol. The van der Waals surface area contributed by atoms with Crippen LogP contribution in [-0.2, 0) is 25.4 Å². The number of esters is 1. The fourth-order valence-corrected chi connectivity index (χ4v) is 2.59. The second-order valence-corrected chi connectivity index (χ2v) is 5.93. The molecule has 0 N–H and O–H groups in total. The first-order chi connectivity index (χ1) is 11.3. The lowest BCUT2D eigenvalue weighted by molar-refractivity contribution is -0.162. The van der Waals surface area contributed by atoms with Crippen molar-refractivity contribution in [3.05, 3.63) is 35.9 Å². The molecular formula is C19H28O4. The summed E-state index contributed by atoms with van der Waals surface area (Å²) in [5.41, 5.74) is 1.17. The van der Waals surface area contributed by atoms with Gasteiger partial charge in [-0.2, -0.15) is 0 Å². The number of hydrogen-bond acceptors (Lipinski definition) is 4. The molecule has 0 radical (unpaired) electrons. The number of aryl methyl sites for hydroxylation is 1.